The normalized spacial score (nSPS) is 14.6. The molecular weight excluding hydrogens is 424 g/mol. The second kappa shape index (κ2) is 10.6. The predicted molar refractivity (Wildman–Crippen MR) is 135 cm³/mol. The van der Waals surface area contributed by atoms with E-state index in [2.05, 4.69) is 40.6 Å². The first-order valence-corrected chi connectivity index (χ1v) is 12.1. The van der Waals surface area contributed by atoms with Gasteiger partial charge < -0.3 is 10.4 Å². The standard InChI is InChI=1S/C29H32N2O3/c1-19-21(16-17-27(32)33)9-5-11-26(19)31-29(34)28(23-7-3-4-8-23)24-14-12-22(13-15-24)25-10-6-18-30-20(25)2/h5-6,9-15,18,23,28H,3-4,7-8,16-17H2,1-2H3,(H,31,34)(H,32,33). The molecule has 5 nitrogen and oxygen atoms in total. The number of pyridine rings is 1. The topological polar surface area (TPSA) is 79.3 Å². The third-order valence-corrected chi connectivity index (χ3v) is 7.05. The number of carbonyl (C=O) groups is 2. The molecule has 0 radical (unpaired) electrons. The highest BCUT2D eigenvalue weighted by Gasteiger charge is 2.32. The number of anilines is 1. The van der Waals surface area contributed by atoms with E-state index >= 15 is 0 Å². The van der Waals surface area contributed by atoms with Gasteiger partial charge in [0.05, 0.1) is 5.92 Å². The average Bonchev–Trinajstić information content (AvgIpc) is 3.35. The van der Waals surface area contributed by atoms with Crippen molar-refractivity contribution in [3.05, 3.63) is 83.2 Å². The Bertz CT molecular complexity index is 1160. The molecule has 1 aliphatic carbocycles. The molecule has 2 N–H and O–H groups in total. The molecule has 4 rings (SSSR count). The molecule has 1 fully saturated rings. The van der Waals surface area contributed by atoms with E-state index in [1.807, 2.05) is 38.1 Å². The maximum absolute atomic E-state index is 13.6. The second-order valence-corrected chi connectivity index (χ2v) is 9.25. The number of carbonyl (C=O) groups excluding carboxylic acids is 1. The van der Waals surface area contributed by atoms with Crippen molar-refractivity contribution in [1.82, 2.24) is 4.98 Å². The molecule has 1 aromatic heterocycles. The number of aromatic nitrogens is 1. The zero-order valence-corrected chi connectivity index (χ0v) is 19.9. The van der Waals surface area contributed by atoms with Gasteiger partial charge in [-0.05, 0) is 73.4 Å². The molecule has 2 aromatic carbocycles. The molecular formula is C29H32N2O3. The summed E-state index contributed by atoms with van der Waals surface area (Å²) in [5.41, 5.74) is 6.87. The van der Waals surface area contributed by atoms with Crippen LogP contribution in [0.5, 0.6) is 0 Å². The van der Waals surface area contributed by atoms with Crippen molar-refractivity contribution in [3.63, 3.8) is 0 Å². The van der Waals surface area contributed by atoms with Crippen LogP contribution < -0.4 is 5.32 Å². The van der Waals surface area contributed by atoms with E-state index in [1.165, 1.54) is 0 Å². The first-order valence-electron chi connectivity index (χ1n) is 12.1. The molecule has 0 spiro atoms. The fraction of sp³-hybridized carbons (Fsp3) is 0.345. The van der Waals surface area contributed by atoms with E-state index in [0.717, 1.165) is 64.9 Å². The van der Waals surface area contributed by atoms with Crippen LogP contribution in [-0.2, 0) is 16.0 Å². The molecule has 1 amide bonds. The monoisotopic (exact) mass is 456 g/mol. The van der Waals surface area contributed by atoms with Gasteiger partial charge in [-0.3, -0.25) is 14.6 Å². The average molecular weight is 457 g/mol. The van der Waals surface area contributed by atoms with Gasteiger partial charge in [0, 0.05) is 29.6 Å². The Hall–Kier alpha value is -3.47. The first-order chi connectivity index (χ1) is 16.4. The van der Waals surface area contributed by atoms with E-state index in [9.17, 15) is 9.59 Å². The SMILES string of the molecule is Cc1ncccc1-c1ccc(C(C(=O)Nc2cccc(CCC(=O)O)c2C)C2CCCC2)cc1. The van der Waals surface area contributed by atoms with Crippen molar-refractivity contribution in [1.29, 1.82) is 0 Å². The van der Waals surface area contributed by atoms with Gasteiger partial charge in [-0.15, -0.1) is 0 Å². The minimum atomic E-state index is -0.819. The number of rotatable bonds is 8. The van der Waals surface area contributed by atoms with Gasteiger partial charge in [0.1, 0.15) is 0 Å². The van der Waals surface area contributed by atoms with Crippen LogP contribution in [-0.4, -0.2) is 22.0 Å². The van der Waals surface area contributed by atoms with Crippen molar-refractivity contribution >= 4 is 17.6 Å². The van der Waals surface area contributed by atoms with Crippen LogP contribution in [0.2, 0.25) is 0 Å². The summed E-state index contributed by atoms with van der Waals surface area (Å²) >= 11 is 0. The largest absolute Gasteiger partial charge is 0.481 e. The number of nitrogens with one attached hydrogen (secondary N) is 1. The molecule has 3 aromatic rings. The molecule has 0 saturated heterocycles. The number of aliphatic carboxylic acids is 1. The molecule has 34 heavy (non-hydrogen) atoms. The summed E-state index contributed by atoms with van der Waals surface area (Å²) < 4.78 is 0. The molecule has 1 unspecified atom stereocenters. The van der Waals surface area contributed by atoms with Crippen LogP contribution in [0, 0.1) is 19.8 Å². The number of hydrogen-bond acceptors (Lipinski definition) is 3. The Morgan fingerprint density at radius 2 is 1.76 bits per heavy atom. The van der Waals surface area contributed by atoms with E-state index in [-0.39, 0.29) is 18.2 Å². The van der Waals surface area contributed by atoms with Crippen molar-refractivity contribution in [2.45, 2.75) is 58.3 Å². The number of nitrogens with zero attached hydrogens (tertiary/aromatic N) is 1. The maximum atomic E-state index is 13.6. The van der Waals surface area contributed by atoms with Gasteiger partial charge >= 0.3 is 5.97 Å². The zero-order chi connectivity index (χ0) is 24.1. The lowest BCUT2D eigenvalue weighted by Gasteiger charge is -2.24. The lowest BCUT2D eigenvalue weighted by molar-refractivity contribution is -0.137. The quantitative estimate of drug-likeness (QED) is 0.417. The van der Waals surface area contributed by atoms with Gasteiger partial charge in [0.2, 0.25) is 5.91 Å². The number of amides is 1. The third-order valence-electron chi connectivity index (χ3n) is 7.05. The zero-order valence-electron chi connectivity index (χ0n) is 19.9. The Labute approximate surface area is 201 Å². The van der Waals surface area contributed by atoms with Gasteiger partial charge in [0.15, 0.2) is 0 Å². The highest BCUT2D eigenvalue weighted by molar-refractivity contribution is 5.97. The van der Waals surface area contributed by atoms with Gasteiger partial charge in [-0.2, -0.15) is 0 Å². The smallest absolute Gasteiger partial charge is 0.303 e. The Balaban J connectivity index is 1.59. The summed E-state index contributed by atoms with van der Waals surface area (Å²) in [6, 6.07) is 18.1. The van der Waals surface area contributed by atoms with Crippen LogP contribution in [0.1, 0.15) is 60.4 Å². The lowest BCUT2D eigenvalue weighted by atomic mass is 9.83. The van der Waals surface area contributed by atoms with Gasteiger partial charge in [-0.25, -0.2) is 0 Å². The van der Waals surface area contributed by atoms with Crippen LogP contribution in [0.3, 0.4) is 0 Å². The molecule has 176 valence electrons. The minimum Gasteiger partial charge on any atom is -0.481 e. The highest BCUT2D eigenvalue weighted by Crippen LogP contribution is 2.39. The van der Waals surface area contributed by atoms with Crippen LogP contribution in [0.15, 0.2) is 60.8 Å². The van der Waals surface area contributed by atoms with Crippen molar-refractivity contribution in [2.24, 2.45) is 5.92 Å². The van der Waals surface area contributed by atoms with Crippen LogP contribution in [0.25, 0.3) is 11.1 Å². The number of hydrogen-bond donors (Lipinski definition) is 2. The molecule has 0 bridgehead atoms. The summed E-state index contributed by atoms with van der Waals surface area (Å²) in [5, 5.41) is 12.2. The summed E-state index contributed by atoms with van der Waals surface area (Å²) in [6.45, 7) is 3.95. The van der Waals surface area contributed by atoms with Crippen LogP contribution >= 0.6 is 0 Å². The second-order valence-electron chi connectivity index (χ2n) is 9.25. The summed E-state index contributed by atoms with van der Waals surface area (Å²) in [6.07, 6.45) is 6.75. The van der Waals surface area contributed by atoms with Crippen LogP contribution in [0.4, 0.5) is 5.69 Å². The molecule has 1 heterocycles. The van der Waals surface area contributed by atoms with E-state index in [0.29, 0.717) is 12.3 Å². The van der Waals surface area contributed by atoms with E-state index in [4.69, 9.17) is 5.11 Å². The Morgan fingerprint density at radius 1 is 1.03 bits per heavy atom. The number of carboxylic acid groups (broad SMARTS) is 1. The summed E-state index contributed by atoms with van der Waals surface area (Å²) in [7, 11) is 0. The number of aryl methyl sites for hydroxylation is 2. The molecule has 1 aliphatic rings. The third kappa shape index (κ3) is 5.36. The fourth-order valence-corrected chi connectivity index (χ4v) is 5.13. The van der Waals surface area contributed by atoms with Gasteiger partial charge in [-0.1, -0.05) is 55.3 Å². The predicted octanol–water partition coefficient (Wildman–Crippen LogP) is 6.30. The minimum absolute atomic E-state index is 0.00990. The fourth-order valence-electron chi connectivity index (χ4n) is 5.13. The summed E-state index contributed by atoms with van der Waals surface area (Å²) in [4.78, 5) is 29.0. The Morgan fingerprint density at radius 3 is 2.44 bits per heavy atom. The number of carboxylic acids is 1. The highest BCUT2D eigenvalue weighted by atomic mass is 16.4. The number of benzene rings is 2. The molecule has 1 saturated carbocycles. The van der Waals surface area contributed by atoms with E-state index < -0.39 is 5.97 Å². The Kier molecular flexibility index (Phi) is 7.41. The van der Waals surface area contributed by atoms with E-state index in [1.54, 1.807) is 6.20 Å². The molecule has 5 heteroatoms. The first kappa shape index (κ1) is 23.7. The van der Waals surface area contributed by atoms with Crippen molar-refractivity contribution in [3.8, 4) is 11.1 Å². The molecule has 0 aliphatic heterocycles. The summed E-state index contributed by atoms with van der Waals surface area (Å²) in [5.74, 6) is -0.703. The molecule has 1 atom stereocenters. The lowest BCUT2D eigenvalue weighted by Crippen LogP contribution is -2.27. The van der Waals surface area contributed by atoms with Gasteiger partial charge in [0.25, 0.3) is 0 Å². The van der Waals surface area contributed by atoms with Crippen molar-refractivity contribution < 1.29 is 14.7 Å². The maximum Gasteiger partial charge on any atom is 0.303 e. The van der Waals surface area contributed by atoms with Crippen molar-refractivity contribution in [2.75, 3.05) is 5.32 Å².